The van der Waals surface area contributed by atoms with E-state index in [2.05, 4.69) is 18.2 Å². The lowest BCUT2D eigenvalue weighted by atomic mass is 10.2. The summed E-state index contributed by atoms with van der Waals surface area (Å²) in [6, 6.07) is 10.3. The van der Waals surface area contributed by atoms with E-state index < -0.39 is 0 Å². The van der Waals surface area contributed by atoms with Gasteiger partial charge in [-0.25, -0.2) is 0 Å². The summed E-state index contributed by atoms with van der Waals surface area (Å²) in [5, 5.41) is 1.23. The number of carbonyl (C=O) groups is 1. The van der Waals surface area contributed by atoms with Gasteiger partial charge in [-0.1, -0.05) is 18.2 Å². The number of hydrogen-bond acceptors (Lipinski definition) is 2. The Morgan fingerprint density at radius 3 is 2.85 bits per heavy atom. The van der Waals surface area contributed by atoms with Crippen molar-refractivity contribution >= 4 is 33.8 Å². The fourth-order valence-electron chi connectivity index (χ4n) is 1.22. The van der Waals surface area contributed by atoms with E-state index in [9.17, 15) is 4.79 Å². The molecule has 1 heterocycles. The smallest absolute Gasteiger partial charge is 0.142 e. The minimum Gasteiger partial charge on any atom is -0.299 e. The highest BCUT2D eigenvalue weighted by Crippen LogP contribution is 2.25. The average molecular weight is 188 g/mol. The third-order valence-electron chi connectivity index (χ3n) is 1.78. The molecule has 0 saturated heterocycles. The summed E-state index contributed by atoms with van der Waals surface area (Å²) in [5.74, 6) is 0. The number of hydrogen-bond donors (Lipinski definition) is 0. The van der Waals surface area contributed by atoms with Gasteiger partial charge < -0.3 is 0 Å². The lowest BCUT2D eigenvalue weighted by Crippen LogP contribution is -1.59. The first-order valence-corrected chi connectivity index (χ1v) is 4.82. The van der Waals surface area contributed by atoms with Crippen LogP contribution in [-0.4, -0.2) is 6.29 Å². The number of allylic oxidation sites excluding steroid dienone is 1. The van der Waals surface area contributed by atoms with Crippen LogP contribution in [-0.2, 0) is 4.79 Å². The molecule has 0 amide bonds. The van der Waals surface area contributed by atoms with Crippen LogP contribution in [0.25, 0.3) is 16.2 Å². The van der Waals surface area contributed by atoms with Crippen LogP contribution in [0, 0.1) is 0 Å². The quantitative estimate of drug-likeness (QED) is 0.522. The normalized spacial score (nSPS) is 11.1. The van der Waals surface area contributed by atoms with E-state index >= 15 is 0 Å². The molecule has 0 saturated carbocycles. The monoisotopic (exact) mass is 188 g/mol. The summed E-state index contributed by atoms with van der Waals surface area (Å²) >= 11 is 1.69. The molecule has 13 heavy (non-hydrogen) atoms. The van der Waals surface area contributed by atoms with Crippen molar-refractivity contribution < 1.29 is 4.79 Å². The Labute approximate surface area is 80.3 Å². The Bertz CT molecular complexity index is 421. The van der Waals surface area contributed by atoms with E-state index in [0.717, 1.165) is 11.2 Å². The topological polar surface area (TPSA) is 17.1 Å². The van der Waals surface area contributed by atoms with Crippen molar-refractivity contribution in [3.63, 3.8) is 0 Å². The molecule has 64 valence electrons. The second-order valence-corrected chi connectivity index (χ2v) is 3.80. The number of fused-ring (bicyclic) bond motifs is 1. The number of thiophene rings is 1. The standard InChI is InChI=1S/C11H8OS/c12-7-3-5-10-8-9-4-1-2-6-11(9)13-10/h1-8H. The molecule has 0 spiro atoms. The maximum atomic E-state index is 10.1. The van der Waals surface area contributed by atoms with Gasteiger partial charge in [-0.3, -0.25) is 4.79 Å². The average Bonchev–Trinajstić information content (AvgIpc) is 2.57. The van der Waals surface area contributed by atoms with Gasteiger partial charge in [0.1, 0.15) is 6.29 Å². The third-order valence-corrected chi connectivity index (χ3v) is 2.86. The number of benzene rings is 1. The molecule has 0 N–H and O–H groups in total. The maximum Gasteiger partial charge on any atom is 0.142 e. The van der Waals surface area contributed by atoms with E-state index in [1.165, 1.54) is 16.2 Å². The molecular weight excluding hydrogens is 180 g/mol. The van der Waals surface area contributed by atoms with Crippen molar-refractivity contribution in [3.8, 4) is 0 Å². The molecule has 2 rings (SSSR count). The van der Waals surface area contributed by atoms with Crippen LogP contribution < -0.4 is 0 Å². The zero-order chi connectivity index (χ0) is 9.10. The molecule has 0 bridgehead atoms. The molecule has 0 aliphatic rings. The van der Waals surface area contributed by atoms with Crippen molar-refractivity contribution in [1.82, 2.24) is 0 Å². The van der Waals surface area contributed by atoms with Gasteiger partial charge in [-0.15, -0.1) is 11.3 Å². The van der Waals surface area contributed by atoms with E-state index in [0.29, 0.717) is 0 Å². The summed E-state index contributed by atoms with van der Waals surface area (Å²) in [6.07, 6.45) is 4.15. The Morgan fingerprint density at radius 2 is 2.08 bits per heavy atom. The Kier molecular flexibility index (Phi) is 2.23. The van der Waals surface area contributed by atoms with Gasteiger partial charge in [0.05, 0.1) is 0 Å². The molecule has 0 atom stereocenters. The van der Waals surface area contributed by atoms with Crippen LogP contribution in [0.1, 0.15) is 4.88 Å². The number of aldehydes is 1. The fraction of sp³-hybridized carbons (Fsp3) is 0. The second-order valence-electron chi connectivity index (χ2n) is 2.68. The number of carbonyl (C=O) groups excluding carboxylic acids is 1. The first kappa shape index (κ1) is 8.20. The highest BCUT2D eigenvalue weighted by Gasteiger charge is 1.96. The molecule has 1 nitrogen and oxygen atoms in total. The maximum absolute atomic E-state index is 10.1. The lowest BCUT2D eigenvalue weighted by Gasteiger charge is -1.82. The summed E-state index contributed by atoms with van der Waals surface area (Å²) in [4.78, 5) is 11.2. The first-order valence-electron chi connectivity index (χ1n) is 4.00. The summed E-state index contributed by atoms with van der Waals surface area (Å²) in [5.41, 5.74) is 0. The summed E-state index contributed by atoms with van der Waals surface area (Å²) < 4.78 is 1.26. The van der Waals surface area contributed by atoms with Crippen molar-refractivity contribution in [1.29, 1.82) is 0 Å². The molecule has 0 fully saturated rings. The number of rotatable bonds is 2. The Hall–Kier alpha value is -1.41. The Balaban J connectivity index is 2.49. The van der Waals surface area contributed by atoms with Crippen LogP contribution in [0.4, 0.5) is 0 Å². The fourth-order valence-corrected chi connectivity index (χ4v) is 2.20. The summed E-state index contributed by atoms with van der Waals surface area (Å²) in [6.45, 7) is 0. The molecule has 0 unspecified atom stereocenters. The van der Waals surface area contributed by atoms with Crippen molar-refractivity contribution in [2.24, 2.45) is 0 Å². The minimum absolute atomic E-state index is 0.796. The molecule has 0 radical (unpaired) electrons. The molecule has 2 heteroatoms. The van der Waals surface area contributed by atoms with Gasteiger partial charge >= 0.3 is 0 Å². The molecule has 1 aromatic carbocycles. The van der Waals surface area contributed by atoms with Crippen LogP contribution in [0.5, 0.6) is 0 Å². The van der Waals surface area contributed by atoms with Crippen molar-refractivity contribution in [2.45, 2.75) is 0 Å². The van der Waals surface area contributed by atoms with E-state index in [1.54, 1.807) is 11.3 Å². The molecular formula is C11H8OS. The summed E-state index contributed by atoms with van der Waals surface area (Å²) in [7, 11) is 0. The largest absolute Gasteiger partial charge is 0.299 e. The lowest BCUT2D eigenvalue weighted by molar-refractivity contribution is -0.104. The molecule has 0 aliphatic heterocycles. The zero-order valence-electron chi connectivity index (χ0n) is 6.94. The SMILES string of the molecule is O=CC=Cc1cc2ccccc2s1. The van der Waals surface area contributed by atoms with Crippen LogP contribution in [0.2, 0.25) is 0 Å². The zero-order valence-corrected chi connectivity index (χ0v) is 7.75. The van der Waals surface area contributed by atoms with E-state index in [-0.39, 0.29) is 0 Å². The van der Waals surface area contributed by atoms with Crippen LogP contribution >= 0.6 is 11.3 Å². The van der Waals surface area contributed by atoms with Gasteiger partial charge in [0.15, 0.2) is 0 Å². The van der Waals surface area contributed by atoms with E-state index in [4.69, 9.17) is 0 Å². The third kappa shape index (κ3) is 1.68. The molecule has 2 aromatic rings. The van der Waals surface area contributed by atoms with Crippen molar-refractivity contribution in [2.75, 3.05) is 0 Å². The van der Waals surface area contributed by atoms with Crippen LogP contribution in [0.15, 0.2) is 36.4 Å². The van der Waals surface area contributed by atoms with Gasteiger partial charge in [-0.05, 0) is 29.7 Å². The van der Waals surface area contributed by atoms with Crippen LogP contribution in [0.3, 0.4) is 0 Å². The van der Waals surface area contributed by atoms with Gasteiger partial charge in [-0.2, -0.15) is 0 Å². The Morgan fingerprint density at radius 1 is 1.23 bits per heavy atom. The predicted octanol–water partition coefficient (Wildman–Crippen LogP) is 3.11. The highest BCUT2D eigenvalue weighted by molar-refractivity contribution is 7.19. The highest BCUT2D eigenvalue weighted by atomic mass is 32.1. The molecule has 0 aliphatic carbocycles. The van der Waals surface area contributed by atoms with Gasteiger partial charge in [0.2, 0.25) is 0 Å². The van der Waals surface area contributed by atoms with E-state index in [1.807, 2.05) is 18.2 Å². The van der Waals surface area contributed by atoms with Gasteiger partial charge in [0.25, 0.3) is 0 Å². The first-order chi connectivity index (χ1) is 6.40. The van der Waals surface area contributed by atoms with Crippen molar-refractivity contribution in [3.05, 3.63) is 41.3 Å². The predicted molar refractivity (Wildman–Crippen MR) is 56.9 cm³/mol. The van der Waals surface area contributed by atoms with Gasteiger partial charge in [0, 0.05) is 9.58 Å². The second kappa shape index (κ2) is 3.54. The molecule has 1 aromatic heterocycles. The minimum atomic E-state index is 0.796.